The van der Waals surface area contributed by atoms with Gasteiger partial charge in [0.2, 0.25) is 0 Å². The molecule has 2 radical (unpaired) electrons. The third kappa shape index (κ3) is 16.2. The van der Waals surface area contributed by atoms with Crippen molar-refractivity contribution in [2.24, 2.45) is 0 Å². The summed E-state index contributed by atoms with van der Waals surface area (Å²) < 4.78 is 5.56. The molecule has 0 aromatic heterocycles. The van der Waals surface area contributed by atoms with Gasteiger partial charge in [-0.1, -0.05) is 54.8 Å². The average molecular weight is 595 g/mol. The van der Waals surface area contributed by atoms with E-state index in [1.807, 2.05) is 53.2 Å². The van der Waals surface area contributed by atoms with Crippen molar-refractivity contribution in [2.45, 2.75) is 65.0 Å². The predicted octanol–water partition coefficient (Wildman–Crippen LogP) is 1.33. The number of benzene rings is 2. The molecule has 0 heterocycles. The minimum absolute atomic E-state index is 0. The maximum atomic E-state index is 5.56. The van der Waals surface area contributed by atoms with Crippen molar-refractivity contribution in [1.29, 1.82) is 0 Å². The molecule has 186 valence electrons. The number of unbranched alkanes of at least 4 members (excludes halogenated alkanes) is 3. The van der Waals surface area contributed by atoms with Gasteiger partial charge >= 0.3 is 26.2 Å². The van der Waals surface area contributed by atoms with Crippen LogP contribution in [-0.4, -0.2) is 22.5 Å². The summed E-state index contributed by atoms with van der Waals surface area (Å²) in [7, 11) is 1.86. The fourth-order valence-corrected chi connectivity index (χ4v) is 3.15. The maximum Gasteiger partial charge on any atom is 3.00 e. The molecule has 0 N–H and O–H groups in total. The fourth-order valence-electron chi connectivity index (χ4n) is 3.15. The second-order valence-corrected chi connectivity index (χ2v) is 8.23. The number of halogens is 2. The van der Waals surface area contributed by atoms with Crippen molar-refractivity contribution >= 4 is 10.2 Å². The molecule has 1 nitrogen and oxygen atoms in total. The van der Waals surface area contributed by atoms with Gasteiger partial charge in [0, 0.05) is 16.8 Å². The number of hydrogen-bond acceptors (Lipinski definition) is 1. The van der Waals surface area contributed by atoms with E-state index in [1.54, 1.807) is 0 Å². The molecule has 0 saturated carbocycles. The van der Waals surface area contributed by atoms with Crippen molar-refractivity contribution in [1.82, 2.24) is 0 Å². The van der Waals surface area contributed by atoms with Gasteiger partial charge in [-0.25, -0.2) is 12.1 Å². The Morgan fingerprint density at radius 1 is 0.912 bits per heavy atom. The second kappa shape index (κ2) is 22.9. The Morgan fingerprint density at radius 2 is 1.53 bits per heavy atom. The smallest absolute Gasteiger partial charge is 1.00 e. The molecule has 0 spiro atoms. The first-order valence-corrected chi connectivity index (χ1v) is 12.8. The van der Waals surface area contributed by atoms with Gasteiger partial charge in [-0.15, -0.1) is 5.56 Å². The van der Waals surface area contributed by atoms with Crippen molar-refractivity contribution in [3.63, 3.8) is 0 Å². The van der Waals surface area contributed by atoms with Gasteiger partial charge in [-0.3, -0.25) is 0 Å². The molecule has 3 aromatic carbocycles. The fraction of sp³-hybridized carbons (Fsp3) is 0.379. The predicted molar refractivity (Wildman–Crippen MR) is 139 cm³/mol. The van der Waals surface area contributed by atoms with Crippen LogP contribution in [0.2, 0.25) is 6.55 Å². The standard InChI is InChI=1S/C13H9.C10H21O.C5H5.CH5Si.2ClH.Zr/c1-3-7-12-10(5-1)9-11-6-2-4-8-13(11)12;1-5-6-7-8-9-11-10(2,3)4;1-2-4-5-3-1;1-2;;;/h1-5,7-8H,9H2;1,5-9H2,2-4H3;1-5H;2H2,1H3;2*1H;/q3*-1;;;;+3/p-2. The molecule has 0 unspecified atom stereocenters. The summed E-state index contributed by atoms with van der Waals surface area (Å²) in [6.45, 7) is 13.0. The number of fused-ring (bicyclic) bond motifs is 3. The molecule has 5 heteroatoms. The first kappa shape index (κ1) is 38.0. The number of rotatable bonds is 5. The van der Waals surface area contributed by atoms with E-state index in [2.05, 4.69) is 70.2 Å². The monoisotopic (exact) mass is 592 g/mol. The molecule has 0 fully saturated rings. The van der Waals surface area contributed by atoms with Crippen LogP contribution >= 0.6 is 0 Å². The van der Waals surface area contributed by atoms with Gasteiger partial charge in [0.15, 0.2) is 0 Å². The van der Waals surface area contributed by atoms with Crippen LogP contribution < -0.4 is 24.8 Å². The largest absolute Gasteiger partial charge is 3.00 e. The minimum Gasteiger partial charge on any atom is -1.00 e. The van der Waals surface area contributed by atoms with Crippen molar-refractivity contribution < 1.29 is 55.8 Å². The number of ether oxygens (including phenoxy) is 1. The SMILES string of the molecule is C[SiH2].[CH2-]CCCCCOC(C)(C)C.[Cl-].[Cl-].[Zr+3].[c-]1cccc2c1Cc1ccccc1-2.c1cc[cH-]c1. The topological polar surface area (TPSA) is 9.23 Å². The minimum atomic E-state index is 0. The second-order valence-electron chi connectivity index (χ2n) is 8.23. The van der Waals surface area contributed by atoms with Crippen LogP contribution in [0.3, 0.4) is 0 Å². The molecule has 34 heavy (non-hydrogen) atoms. The van der Waals surface area contributed by atoms with Gasteiger partial charge in [0.1, 0.15) is 0 Å². The first-order chi connectivity index (χ1) is 15.0. The zero-order valence-electron chi connectivity index (χ0n) is 21.2. The Kier molecular flexibility index (Phi) is 25.5. The molecule has 4 rings (SSSR count). The zero-order valence-corrected chi connectivity index (χ0v) is 26.6. The molecule has 0 saturated heterocycles. The van der Waals surface area contributed by atoms with E-state index < -0.39 is 0 Å². The molecule has 1 aliphatic rings. The summed E-state index contributed by atoms with van der Waals surface area (Å²) in [4.78, 5) is 0. The summed E-state index contributed by atoms with van der Waals surface area (Å²) >= 11 is 0. The summed E-state index contributed by atoms with van der Waals surface area (Å²) in [5.74, 6) is 0. The van der Waals surface area contributed by atoms with Crippen LogP contribution in [0.5, 0.6) is 0 Å². The molecule has 0 atom stereocenters. The summed E-state index contributed by atoms with van der Waals surface area (Å²) in [5, 5.41) is 0. The Bertz CT molecular complexity index is 756. The Morgan fingerprint density at radius 3 is 2.09 bits per heavy atom. The summed E-state index contributed by atoms with van der Waals surface area (Å²) in [6, 6.07) is 28.1. The molecular weight excluding hydrogens is 555 g/mol. The quantitative estimate of drug-likeness (QED) is 0.193. The van der Waals surface area contributed by atoms with E-state index in [-0.39, 0.29) is 56.6 Å². The molecule has 0 aliphatic heterocycles. The molecule has 1 aliphatic carbocycles. The van der Waals surface area contributed by atoms with Crippen molar-refractivity contribution in [3.05, 3.63) is 96.9 Å². The Labute approximate surface area is 244 Å². The van der Waals surface area contributed by atoms with E-state index in [4.69, 9.17) is 4.74 Å². The van der Waals surface area contributed by atoms with Crippen molar-refractivity contribution in [3.8, 4) is 11.1 Å². The molecule has 0 bridgehead atoms. The van der Waals surface area contributed by atoms with E-state index in [9.17, 15) is 0 Å². The van der Waals surface area contributed by atoms with Gasteiger partial charge in [-0.05, 0) is 33.6 Å². The molecule has 0 amide bonds. The summed E-state index contributed by atoms with van der Waals surface area (Å²) in [5.41, 5.74) is 5.54. The normalized spacial score (nSPS) is 9.94. The Balaban J connectivity index is -0.000000419. The van der Waals surface area contributed by atoms with Crippen LogP contribution in [0.1, 0.15) is 57.6 Å². The van der Waals surface area contributed by atoms with Gasteiger partial charge in [0.25, 0.3) is 0 Å². The van der Waals surface area contributed by atoms with E-state index >= 15 is 0 Å². The van der Waals surface area contributed by atoms with Gasteiger partial charge in [0.05, 0.1) is 5.60 Å². The van der Waals surface area contributed by atoms with Crippen LogP contribution in [0.25, 0.3) is 11.1 Å². The van der Waals surface area contributed by atoms with Gasteiger partial charge < -0.3 is 36.5 Å². The average Bonchev–Trinajstić information content (AvgIpc) is 3.46. The van der Waals surface area contributed by atoms with E-state index in [0.29, 0.717) is 0 Å². The van der Waals surface area contributed by atoms with Crippen LogP contribution in [0, 0.1) is 13.0 Å². The number of hydrogen-bond donors (Lipinski definition) is 0. The molecular formula is C29H40Cl2OSiZr-2. The van der Waals surface area contributed by atoms with Crippen molar-refractivity contribution in [2.75, 3.05) is 6.61 Å². The maximum absolute atomic E-state index is 5.56. The van der Waals surface area contributed by atoms with E-state index in [1.165, 1.54) is 41.5 Å². The summed E-state index contributed by atoms with van der Waals surface area (Å²) in [6.07, 6.45) is 5.75. The van der Waals surface area contributed by atoms with E-state index in [0.717, 1.165) is 19.4 Å². The third-order valence-electron chi connectivity index (χ3n) is 4.60. The van der Waals surface area contributed by atoms with Crippen LogP contribution in [0.15, 0.2) is 72.8 Å². The first-order valence-electron chi connectivity index (χ1n) is 11.4. The van der Waals surface area contributed by atoms with Crippen LogP contribution in [0.4, 0.5) is 0 Å². The molecule has 3 aromatic rings. The van der Waals surface area contributed by atoms with Crippen LogP contribution in [-0.2, 0) is 37.4 Å². The van der Waals surface area contributed by atoms with Gasteiger partial charge in [-0.2, -0.15) is 54.4 Å². The third-order valence-corrected chi connectivity index (χ3v) is 4.60. The zero-order chi connectivity index (χ0) is 23.0. The Hall–Kier alpha value is -0.570.